The van der Waals surface area contributed by atoms with Gasteiger partial charge in [0.05, 0.1) is 11.3 Å². The van der Waals surface area contributed by atoms with E-state index < -0.39 is 12.0 Å². The number of amides is 2. The Morgan fingerprint density at radius 1 is 1.00 bits per heavy atom. The third kappa shape index (κ3) is 3.96. The van der Waals surface area contributed by atoms with E-state index in [1.165, 1.54) is 12.1 Å². The highest BCUT2D eigenvalue weighted by Gasteiger charge is 2.10. The molecule has 0 aliphatic carbocycles. The van der Waals surface area contributed by atoms with Crippen LogP contribution in [0.2, 0.25) is 0 Å². The van der Waals surface area contributed by atoms with E-state index in [-0.39, 0.29) is 17.0 Å². The maximum Gasteiger partial charge on any atom is 0.335 e. The first-order valence-electron chi connectivity index (χ1n) is 5.85. The molecular formula is C14H11BrN2O4. The van der Waals surface area contributed by atoms with Gasteiger partial charge in [-0.15, -0.1) is 0 Å². The molecule has 0 spiro atoms. The second-order valence-corrected chi connectivity index (χ2v) is 5.04. The van der Waals surface area contributed by atoms with Crippen molar-refractivity contribution in [3.05, 3.63) is 52.5 Å². The maximum atomic E-state index is 11.8. The summed E-state index contributed by atoms with van der Waals surface area (Å²) in [4.78, 5) is 22.5. The number of anilines is 2. The van der Waals surface area contributed by atoms with Crippen molar-refractivity contribution >= 4 is 39.3 Å². The number of carboxylic acid groups (broad SMARTS) is 1. The minimum atomic E-state index is -1.16. The lowest BCUT2D eigenvalue weighted by Gasteiger charge is -2.09. The zero-order valence-electron chi connectivity index (χ0n) is 10.6. The van der Waals surface area contributed by atoms with Crippen molar-refractivity contribution in [3.63, 3.8) is 0 Å². The second-order valence-electron chi connectivity index (χ2n) is 4.12. The molecule has 0 bridgehead atoms. The number of carbonyl (C=O) groups excluding carboxylic acids is 1. The summed E-state index contributed by atoms with van der Waals surface area (Å²) >= 11 is 3.28. The van der Waals surface area contributed by atoms with Gasteiger partial charge in [-0.05, 0) is 42.5 Å². The number of carbonyl (C=O) groups is 2. The van der Waals surface area contributed by atoms with Crippen LogP contribution < -0.4 is 10.6 Å². The molecule has 0 unspecified atom stereocenters. The molecule has 0 radical (unpaired) electrons. The number of rotatable bonds is 3. The first-order chi connectivity index (χ1) is 9.95. The molecule has 0 saturated heterocycles. The first kappa shape index (κ1) is 14.9. The first-order valence-corrected chi connectivity index (χ1v) is 6.65. The molecule has 21 heavy (non-hydrogen) atoms. The molecule has 0 saturated carbocycles. The predicted molar refractivity (Wildman–Crippen MR) is 81.8 cm³/mol. The Kier molecular flexibility index (Phi) is 4.44. The maximum absolute atomic E-state index is 11.8. The highest BCUT2D eigenvalue weighted by molar-refractivity contribution is 9.10. The molecule has 0 atom stereocenters. The van der Waals surface area contributed by atoms with Crippen LogP contribution in [-0.4, -0.2) is 22.2 Å². The molecule has 0 heterocycles. The largest absolute Gasteiger partial charge is 0.506 e. The summed E-state index contributed by atoms with van der Waals surface area (Å²) in [6.07, 6.45) is 0. The second kappa shape index (κ2) is 6.27. The minimum absolute atomic E-state index is 0.0635. The predicted octanol–water partition coefficient (Wildman–Crippen LogP) is 3.50. The Balaban J connectivity index is 2.06. The van der Waals surface area contributed by atoms with Crippen molar-refractivity contribution in [3.8, 4) is 5.75 Å². The van der Waals surface area contributed by atoms with Crippen molar-refractivity contribution in [2.75, 3.05) is 10.6 Å². The van der Waals surface area contributed by atoms with Gasteiger partial charge in [0.25, 0.3) is 0 Å². The number of nitrogens with one attached hydrogen (secondary N) is 2. The number of benzene rings is 2. The Labute approximate surface area is 128 Å². The fourth-order valence-corrected chi connectivity index (χ4v) is 1.85. The summed E-state index contributed by atoms with van der Waals surface area (Å²) in [5.41, 5.74) is 0.637. The minimum Gasteiger partial charge on any atom is -0.506 e. The summed E-state index contributed by atoms with van der Waals surface area (Å²) in [7, 11) is 0. The molecule has 7 heteroatoms. The number of phenols is 1. The van der Waals surface area contributed by atoms with Crippen LogP contribution in [0.4, 0.5) is 16.2 Å². The zero-order chi connectivity index (χ0) is 15.4. The number of hydrogen-bond acceptors (Lipinski definition) is 3. The van der Waals surface area contributed by atoms with Crippen molar-refractivity contribution in [2.24, 2.45) is 0 Å². The van der Waals surface area contributed by atoms with E-state index in [2.05, 4.69) is 26.6 Å². The Morgan fingerprint density at radius 2 is 1.67 bits per heavy atom. The lowest BCUT2D eigenvalue weighted by Crippen LogP contribution is -2.19. The van der Waals surface area contributed by atoms with Gasteiger partial charge in [0.2, 0.25) is 0 Å². The fourth-order valence-electron chi connectivity index (χ4n) is 1.59. The summed E-state index contributed by atoms with van der Waals surface area (Å²) in [6.45, 7) is 0. The summed E-state index contributed by atoms with van der Waals surface area (Å²) < 4.78 is 0.885. The van der Waals surface area contributed by atoms with Crippen LogP contribution in [0.1, 0.15) is 10.4 Å². The van der Waals surface area contributed by atoms with Gasteiger partial charge in [-0.3, -0.25) is 0 Å². The molecule has 2 aromatic rings. The van der Waals surface area contributed by atoms with Gasteiger partial charge in [-0.25, -0.2) is 9.59 Å². The molecule has 2 aromatic carbocycles. The molecule has 4 N–H and O–H groups in total. The highest BCUT2D eigenvalue weighted by atomic mass is 79.9. The van der Waals surface area contributed by atoms with E-state index in [1.54, 1.807) is 24.3 Å². The topological polar surface area (TPSA) is 98.7 Å². The lowest BCUT2D eigenvalue weighted by atomic mass is 10.2. The van der Waals surface area contributed by atoms with E-state index in [1.807, 2.05) is 0 Å². The van der Waals surface area contributed by atoms with Gasteiger partial charge in [0.15, 0.2) is 0 Å². The summed E-state index contributed by atoms with van der Waals surface area (Å²) in [6, 6.07) is 10.1. The molecule has 6 nitrogen and oxygen atoms in total. The summed E-state index contributed by atoms with van der Waals surface area (Å²) in [5.74, 6) is -1.47. The van der Waals surface area contributed by atoms with Crippen LogP contribution in [0.15, 0.2) is 46.9 Å². The van der Waals surface area contributed by atoms with E-state index >= 15 is 0 Å². The Morgan fingerprint density at radius 3 is 2.24 bits per heavy atom. The van der Waals surface area contributed by atoms with Crippen molar-refractivity contribution in [1.82, 2.24) is 0 Å². The Bertz CT molecular complexity index is 686. The number of hydrogen-bond donors (Lipinski definition) is 4. The molecule has 0 fully saturated rings. The molecular weight excluding hydrogens is 340 g/mol. The van der Waals surface area contributed by atoms with Crippen LogP contribution in [-0.2, 0) is 0 Å². The van der Waals surface area contributed by atoms with Crippen LogP contribution in [0.5, 0.6) is 5.75 Å². The smallest absolute Gasteiger partial charge is 0.335 e. The van der Waals surface area contributed by atoms with Crippen molar-refractivity contribution in [1.29, 1.82) is 0 Å². The standard InChI is InChI=1S/C14H11BrN2O4/c15-9-2-4-10(5-3-9)16-14(21)17-11-6-1-8(13(19)20)7-12(11)18/h1-7,18H,(H,19,20)(H2,16,17,21). The number of phenolic OH excluding ortho intramolecular Hbond substituents is 1. The van der Waals surface area contributed by atoms with Crippen LogP contribution in [0.3, 0.4) is 0 Å². The Hall–Kier alpha value is -2.54. The van der Waals surface area contributed by atoms with Gasteiger partial charge in [0.1, 0.15) is 5.75 Å². The number of urea groups is 1. The fraction of sp³-hybridized carbons (Fsp3) is 0. The van der Waals surface area contributed by atoms with E-state index in [0.29, 0.717) is 5.69 Å². The average molecular weight is 351 g/mol. The molecule has 2 amide bonds. The van der Waals surface area contributed by atoms with E-state index in [0.717, 1.165) is 10.5 Å². The lowest BCUT2D eigenvalue weighted by molar-refractivity contribution is 0.0696. The van der Waals surface area contributed by atoms with Crippen molar-refractivity contribution in [2.45, 2.75) is 0 Å². The third-order valence-electron chi connectivity index (χ3n) is 2.59. The third-order valence-corrected chi connectivity index (χ3v) is 3.12. The van der Waals surface area contributed by atoms with Crippen LogP contribution in [0, 0.1) is 0 Å². The quantitative estimate of drug-likeness (QED) is 0.636. The number of halogens is 1. The summed E-state index contributed by atoms with van der Waals surface area (Å²) in [5, 5.41) is 23.5. The normalized spacial score (nSPS) is 9.95. The van der Waals surface area contributed by atoms with Crippen LogP contribution in [0.25, 0.3) is 0 Å². The van der Waals surface area contributed by atoms with Gasteiger partial charge in [-0.2, -0.15) is 0 Å². The van der Waals surface area contributed by atoms with Gasteiger partial charge in [-0.1, -0.05) is 15.9 Å². The van der Waals surface area contributed by atoms with Crippen molar-refractivity contribution < 1.29 is 19.8 Å². The molecule has 0 aliphatic heterocycles. The van der Waals surface area contributed by atoms with Gasteiger partial charge < -0.3 is 20.8 Å². The number of aromatic hydroxyl groups is 1. The average Bonchev–Trinajstić information content (AvgIpc) is 2.43. The molecule has 2 rings (SSSR count). The number of aromatic carboxylic acids is 1. The van der Waals surface area contributed by atoms with Crippen LogP contribution >= 0.6 is 15.9 Å². The number of carboxylic acids is 1. The monoisotopic (exact) mass is 350 g/mol. The SMILES string of the molecule is O=C(Nc1ccc(Br)cc1)Nc1ccc(C(=O)O)cc1O. The molecule has 0 aromatic heterocycles. The zero-order valence-corrected chi connectivity index (χ0v) is 12.2. The van der Waals surface area contributed by atoms with E-state index in [4.69, 9.17) is 5.11 Å². The van der Waals surface area contributed by atoms with E-state index in [9.17, 15) is 14.7 Å². The highest BCUT2D eigenvalue weighted by Crippen LogP contribution is 2.24. The van der Waals surface area contributed by atoms with Gasteiger partial charge in [0, 0.05) is 10.2 Å². The molecule has 108 valence electrons. The van der Waals surface area contributed by atoms with Gasteiger partial charge >= 0.3 is 12.0 Å². The molecule has 0 aliphatic rings.